The Morgan fingerprint density at radius 3 is 2.42 bits per heavy atom. The number of non-ortho nitro benzene ring substituents is 1. The van der Waals surface area contributed by atoms with Crippen LogP contribution in [0.1, 0.15) is 11.5 Å². The van der Waals surface area contributed by atoms with E-state index >= 15 is 0 Å². The Morgan fingerprint density at radius 1 is 0.958 bits per heavy atom. The fourth-order valence-corrected chi connectivity index (χ4v) is 3.44. The van der Waals surface area contributed by atoms with E-state index in [0.717, 1.165) is 21.2 Å². The van der Waals surface area contributed by atoms with Crippen molar-refractivity contribution in [3.05, 3.63) is 62.5 Å². The van der Waals surface area contributed by atoms with Crippen molar-refractivity contribution in [1.82, 2.24) is 0 Å². The van der Waals surface area contributed by atoms with Crippen molar-refractivity contribution in [3.63, 3.8) is 0 Å². The van der Waals surface area contributed by atoms with Crippen molar-refractivity contribution < 1.29 is 13.8 Å². The average Bonchev–Trinajstić information content (AvgIpc) is 3.09. The van der Waals surface area contributed by atoms with Gasteiger partial charge in [0.2, 0.25) is 0 Å². The number of rotatable bonds is 2. The molecule has 2 aromatic heterocycles. The number of aryl methyl sites for hydroxylation is 2. The molecule has 0 N–H and O–H groups in total. The molecule has 120 valence electrons. The van der Waals surface area contributed by atoms with Gasteiger partial charge in [-0.15, -0.1) is 0 Å². The summed E-state index contributed by atoms with van der Waals surface area (Å²) in [5, 5.41) is 13.5. The highest BCUT2D eigenvalue weighted by Gasteiger charge is 2.26. The second-order valence-electron chi connectivity index (χ2n) is 5.68. The van der Waals surface area contributed by atoms with E-state index in [0.29, 0.717) is 27.9 Å². The largest absolute Gasteiger partial charge is 0.461 e. The zero-order valence-electron chi connectivity index (χ0n) is 12.9. The van der Waals surface area contributed by atoms with Crippen molar-refractivity contribution in [1.29, 1.82) is 0 Å². The van der Waals surface area contributed by atoms with Crippen molar-refractivity contribution in [2.45, 2.75) is 13.8 Å². The molecule has 5 nitrogen and oxygen atoms in total. The quantitative estimate of drug-likeness (QED) is 0.307. The molecular formula is C18H12BrNO4. The lowest BCUT2D eigenvalue weighted by Crippen LogP contribution is -1.93. The highest BCUT2D eigenvalue weighted by Crippen LogP contribution is 2.45. The molecule has 4 rings (SSSR count). The van der Waals surface area contributed by atoms with E-state index in [9.17, 15) is 10.1 Å². The van der Waals surface area contributed by atoms with Gasteiger partial charge in [0, 0.05) is 9.86 Å². The third kappa shape index (κ3) is 2.14. The number of nitro benzene ring substituents is 1. The molecule has 0 aliphatic heterocycles. The first-order chi connectivity index (χ1) is 11.5. The summed E-state index contributed by atoms with van der Waals surface area (Å²) >= 11 is 3.40. The molecule has 0 saturated carbocycles. The van der Waals surface area contributed by atoms with Crippen LogP contribution < -0.4 is 0 Å². The first kappa shape index (κ1) is 15.0. The molecule has 0 saturated heterocycles. The molecule has 0 amide bonds. The van der Waals surface area contributed by atoms with Crippen LogP contribution in [0.3, 0.4) is 0 Å². The maximum Gasteiger partial charge on any atom is 0.288 e. The van der Waals surface area contributed by atoms with E-state index in [4.69, 9.17) is 8.83 Å². The fourth-order valence-electron chi connectivity index (χ4n) is 3.08. The third-order valence-electron chi connectivity index (χ3n) is 4.01. The second-order valence-corrected chi connectivity index (χ2v) is 6.60. The number of hydrogen-bond donors (Lipinski definition) is 0. The van der Waals surface area contributed by atoms with E-state index in [1.165, 1.54) is 0 Å². The van der Waals surface area contributed by atoms with Crippen LogP contribution in [0.25, 0.3) is 33.1 Å². The van der Waals surface area contributed by atoms with E-state index in [2.05, 4.69) is 15.9 Å². The van der Waals surface area contributed by atoms with Crippen LogP contribution in [0.15, 0.2) is 49.7 Å². The zero-order chi connectivity index (χ0) is 17.0. The molecule has 2 aromatic carbocycles. The summed E-state index contributed by atoms with van der Waals surface area (Å²) in [5.74, 6) is 2.02. The number of fused-ring (bicyclic) bond motifs is 2. The Balaban J connectivity index is 2.29. The van der Waals surface area contributed by atoms with Crippen molar-refractivity contribution >= 4 is 43.4 Å². The molecule has 0 spiro atoms. The van der Waals surface area contributed by atoms with E-state index < -0.39 is 0 Å². The van der Waals surface area contributed by atoms with Gasteiger partial charge in [0.1, 0.15) is 17.3 Å². The van der Waals surface area contributed by atoms with Gasteiger partial charge in [-0.1, -0.05) is 22.0 Å². The van der Waals surface area contributed by atoms with Gasteiger partial charge in [-0.2, -0.15) is 0 Å². The van der Waals surface area contributed by atoms with Crippen molar-refractivity contribution in [2.24, 2.45) is 0 Å². The lowest BCUT2D eigenvalue weighted by Gasteiger charge is -2.08. The van der Waals surface area contributed by atoms with Gasteiger partial charge in [-0.25, -0.2) is 0 Å². The third-order valence-corrected chi connectivity index (χ3v) is 4.51. The monoisotopic (exact) mass is 385 g/mol. The summed E-state index contributed by atoms with van der Waals surface area (Å²) in [7, 11) is 0. The van der Waals surface area contributed by atoms with Gasteiger partial charge in [0.05, 0.1) is 21.3 Å². The molecule has 0 radical (unpaired) electrons. The lowest BCUT2D eigenvalue weighted by molar-refractivity contribution is -0.381. The van der Waals surface area contributed by atoms with Gasteiger partial charge in [-0.3, -0.25) is 10.1 Å². The molecule has 0 aliphatic rings. The molecule has 0 bridgehead atoms. The first-order valence-corrected chi connectivity index (χ1v) is 8.11. The number of hydrogen-bond acceptors (Lipinski definition) is 4. The van der Waals surface area contributed by atoms with Crippen LogP contribution in [0, 0.1) is 24.0 Å². The van der Waals surface area contributed by atoms with Crippen LogP contribution in [-0.4, -0.2) is 4.92 Å². The Labute approximate surface area is 145 Å². The number of benzene rings is 2. The molecule has 0 unspecified atom stereocenters. The summed E-state index contributed by atoms with van der Waals surface area (Å²) in [5.41, 5.74) is 1.26. The Morgan fingerprint density at radius 2 is 1.75 bits per heavy atom. The SMILES string of the molecule is Cc1ccc(-c2c3ccc(Br)cc3c([N+](=O)[O-])c3cc(C)oc23)o1. The van der Waals surface area contributed by atoms with Gasteiger partial charge < -0.3 is 8.83 Å². The molecule has 4 aromatic rings. The number of nitro groups is 1. The van der Waals surface area contributed by atoms with Crippen molar-refractivity contribution in [3.8, 4) is 11.3 Å². The minimum atomic E-state index is -0.358. The average molecular weight is 386 g/mol. The lowest BCUT2D eigenvalue weighted by atomic mass is 9.98. The highest BCUT2D eigenvalue weighted by molar-refractivity contribution is 9.10. The standard InChI is InChI=1S/C18H12BrNO4/c1-9-3-6-15(23-9)16-12-5-4-11(19)8-13(12)17(20(21)22)14-7-10(2)24-18(14)16/h3-8H,1-2H3. The summed E-state index contributed by atoms with van der Waals surface area (Å²) in [6.45, 7) is 3.64. The van der Waals surface area contributed by atoms with Gasteiger partial charge in [-0.05, 0) is 44.2 Å². The Hall–Kier alpha value is -2.60. The molecule has 24 heavy (non-hydrogen) atoms. The topological polar surface area (TPSA) is 69.4 Å². The predicted molar refractivity (Wildman–Crippen MR) is 95.3 cm³/mol. The minimum Gasteiger partial charge on any atom is -0.461 e. The minimum absolute atomic E-state index is 0.0465. The Kier molecular flexibility index (Phi) is 3.25. The predicted octanol–water partition coefficient (Wildman–Crippen LogP) is 6.13. The van der Waals surface area contributed by atoms with Gasteiger partial charge in [0.15, 0.2) is 5.58 Å². The van der Waals surface area contributed by atoms with Crippen LogP contribution in [-0.2, 0) is 0 Å². The maximum absolute atomic E-state index is 11.7. The Bertz CT molecular complexity index is 1120. The smallest absolute Gasteiger partial charge is 0.288 e. The van der Waals surface area contributed by atoms with E-state index in [1.807, 2.05) is 31.2 Å². The summed E-state index contributed by atoms with van der Waals surface area (Å²) in [4.78, 5) is 11.4. The van der Waals surface area contributed by atoms with E-state index in [-0.39, 0.29) is 10.6 Å². The summed E-state index contributed by atoms with van der Waals surface area (Å²) < 4.78 is 12.4. The molecule has 0 aliphatic carbocycles. The fraction of sp³-hybridized carbons (Fsp3) is 0.111. The zero-order valence-corrected chi connectivity index (χ0v) is 14.5. The maximum atomic E-state index is 11.7. The van der Waals surface area contributed by atoms with Crippen LogP contribution in [0.2, 0.25) is 0 Å². The van der Waals surface area contributed by atoms with Crippen LogP contribution >= 0.6 is 15.9 Å². The van der Waals surface area contributed by atoms with Crippen molar-refractivity contribution in [2.75, 3.05) is 0 Å². The number of nitrogens with zero attached hydrogens (tertiary/aromatic N) is 1. The molecule has 0 fully saturated rings. The van der Waals surface area contributed by atoms with Gasteiger partial charge >= 0.3 is 0 Å². The van der Waals surface area contributed by atoms with Crippen LogP contribution in [0.5, 0.6) is 0 Å². The molecular weight excluding hydrogens is 374 g/mol. The van der Waals surface area contributed by atoms with Gasteiger partial charge in [0.25, 0.3) is 5.69 Å². The molecule has 0 atom stereocenters. The molecule has 6 heteroatoms. The molecule has 2 heterocycles. The second kappa shape index (κ2) is 5.21. The number of halogens is 1. The highest BCUT2D eigenvalue weighted by atomic mass is 79.9. The normalized spacial score (nSPS) is 11.5. The summed E-state index contributed by atoms with van der Waals surface area (Å²) in [6.07, 6.45) is 0. The van der Waals surface area contributed by atoms with Crippen LogP contribution in [0.4, 0.5) is 5.69 Å². The summed E-state index contributed by atoms with van der Waals surface area (Å²) in [6, 6.07) is 10.9. The van der Waals surface area contributed by atoms with E-state index in [1.54, 1.807) is 19.1 Å². The number of furan rings is 2. The first-order valence-electron chi connectivity index (χ1n) is 7.32.